The smallest absolute Gasteiger partial charge is 0.307 e. The molecule has 1 heterocycles. The topological polar surface area (TPSA) is 65.0 Å². The number of rotatable bonds is 7. The van der Waals surface area contributed by atoms with E-state index in [4.69, 9.17) is 21.2 Å². The Hall–Kier alpha value is -1.66. The Morgan fingerprint density at radius 3 is 2.65 bits per heavy atom. The first-order chi connectivity index (χ1) is 12.2. The number of nitrogens with zero attached hydrogens (tertiary/aromatic N) is 1. The van der Waals surface area contributed by atoms with Gasteiger partial charge in [-0.1, -0.05) is 43.9 Å². The van der Waals surface area contributed by atoms with Gasteiger partial charge in [0.25, 0.3) is 0 Å². The molecule has 0 atom stereocenters. The summed E-state index contributed by atoms with van der Waals surface area (Å²) < 4.78 is 6.06. The lowest BCUT2D eigenvalue weighted by atomic mass is 9.75. The molecule has 26 heavy (non-hydrogen) atoms. The van der Waals surface area contributed by atoms with Crippen molar-refractivity contribution in [3.8, 4) is 0 Å². The molecule has 7 heteroatoms. The number of allylic oxidation sites excluding steroid dienone is 2. The van der Waals surface area contributed by atoms with Crippen LogP contribution in [0.1, 0.15) is 58.3 Å². The van der Waals surface area contributed by atoms with Gasteiger partial charge in [-0.15, -0.1) is 11.3 Å². The summed E-state index contributed by atoms with van der Waals surface area (Å²) in [4.78, 5) is 30.7. The van der Waals surface area contributed by atoms with Crippen molar-refractivity contribution in [3.05, 3.63) is 32.7 Å². The monoisotopic (exact) mass is 397 g/mol. The quantitative estimate of drug-likeness (QED) is 0.356. The molecule has 1 aliphatic rings. The van der Waals surface area contributed by atoms with Gasteiger partial charge in [0, 0.05) is 24.6 Å². The number of ketones is 1. The predicted octanol–water partition coefficient (Wildman–Crippen LogP) is 5.28. The second kappa shape index (κ2) is 8.82. The van der Waals surface area contributed by atoms with Gasteiger partial charge in [0.05, 0.1) is 15.6 Å². The normalized spacial score (nSPS) is 17.4. The summed E-state index contributed by atoms with van der Waals surface area (Å²) in [7, 11) is 0. The summed E-state index contributed by atoms with van der Waals surface area (Å²) in [5.74, 6) is -0.103. The molecule has 142 valence electrons. The lowest BCUT2D eigenvalue weighted by Crippen LogP contribution is -2.30. The Kier molecular flexibility index (Phi) is 7.01. The van der Waals surface area contributed by atoms with Gasteiger partial charge in [-0.3, -0.25) is 9.59 Å². The fraction of sp³-hybridized carbons (Fsp3) is 0.526. The first kappa shape index (κ1) is 20.6. The van der Waals surface area contributed by atoms with Crippen molar-refractivity contribution in [1.29, 1.82) is 0 Å². The highest BCUT2D eigenvalue weighted by Crippen LogP contribution is 2.38. The lowest BCUT2D eigenvalue weighted by Gasteiger charge is -2.31. The van der Waals surface area contributed by atoms with Crippen LogP contribution in [0.15, 0.2) is 28.6 Å². The summed E-state index contributed by atoms with van der Waals surface area (Å²) in [6.45, 7) is 7.58. The third kappa shape index (κ3) is 5.68. The number of halogens is 1. The largest absolute Gasteiger partial charge is 0.430 e. The maximum atomic E-state index is 12.8. The fourth-order valence-electron chi connectivity index (χ4n) is 2.90. The van der Waals surface area contributed by atoms with Gasteiger partial charge in [0.15, 0.2) is 12.4 Å². The van der Waals surface area contributed by atoms with E-state index >= 15 is 0 Å². The molecule has 0 aromatic carbocycles. The van der Waals surface area contributed by atoms with E-state index in [2.05, 4.69) is 5.16 Å². The number of esters is 1. The predicted molar refractivity (Wildman–Crippen MR) is 103 cm³/mol. The zero-order valence-corrected chi connectivity index (χ0v) is 17.1. The molecular weight excluding hydrogens is 374 g/mol. The minimum atomic E-state index is -0.437. The Morgan fingerprint density at radius 1 is 1.35 bits per heavy atom. The summed E-state index contributed by atoms with van der Waals surface area (Å²) in [6.07, 6.45) is 2.26. The van der Waals surface area contributed by atoms with Gasteiger partial charge in [-0.05, 0) is 24.0 Å². The van der Waals surface area contributed by atoms with E-state index in [0.29, 0.717) is 40.6 Å². The van der Waals surface area contributed by atoms with E-state index in [1.807, 2.05) is 26.8 Å². The minimum Gasteiger partial charge on any atom is -0.430 e. The summed E-state index contributed by atoms with van der Waals surface area (Å²) >= 11 is 7.33. The highest BCUT2D eigenvalue weighted by atomic mass is 35.5. The summed E-state index contributed by atoms with van der Waals surface area (Å²) in [6, 6.07) is 3.68. The van der Waals surface area contributed by atoms with E-state index < -0.39 is 5.97 Å². The number of ether oxygens (including phenoxy) is 1. The SMILES string of the molecule is CCCC(=NOCc1ccc(Cl)s1)C1=C(OC(C)=O)CC(C)(C)CC1=O. The Labute approximate surface area is 163 Å². The molecule has 0 saturated heterocycles. The second-order valence-electron chi connectivity index (χ2n) is 7.10. The van der Waals surface area contributed by atoms with Crippen molar-refractivity contribution in [1.82, 2.24) is 0 Å². The summed E-state index contributed by atoms with van der Waals surface area (Å²) in [5, 5.41) is 4.21. The van der Waals surface area contributed by atoms with Crippen LogP contribution in [0.4, 0.5) is 0 Å². The average molecular weight is 398 g/mol. The van der Waals surface area contributed by atoms with Gasteiger partial charge in [0.2, 0.25) is 0 Å². The number of oxime groups is 1. The number of carbonyl (C=O) groups excluding carboxylic acids is 2. The van der Waals surface area contributed by atoms with E-state index in [1.54, 1.807) is 6.07 Å². The molecule has 1 aliphatic carbocycles. The van der Waals surface area contributed by atoms with E-state index in [1.165, 1.54) is 18.3 Å². The lowest BCUT2D eigenvalue weighted by molar-refractivity contribution is -0.137. The van der Waals surface area contributed by atoms with Gasteiger partial charge in [-0.2, -0.15) is 0 Å². The van der Waals surface area contributed by atoms with Crippen LogP contribution in [0, 0.1) is 5.41 Å². The van der Waals surface area contributed by atoms with Gasteiger partial charge >= 0.3 is 5.97 Å². The first-order valence-corrected chi connectivity index (χ1v) is 9.79. The third-order valence-electron chi connectivity index (χ3n) is 3.89. The number of thiophene rings is 1. The molecule has 0 amide bonds. The number of carbonyl (C=O) groups is 2. The van der Waals surface area contributed by atoms with Crippen LogP contribution in [-0.2, 0) is 25.8 Å². The van der Waals surface area contributed by atoms with E-state index in [-0.39, 0.29) is 17.8 Å². The van der Waals surface area contributed by atoms with E-state index in [0.717, 1.165) is 11.3 Å². The molecule has 0 spiro atoms. The van der Waals surface area contributed by atoms with Crippen molar-refractivity contribution in [2.75, 3.05) is 0 Å². The van der Waals surface area contributed by atoms with Crippen LogP contribution in [-0.4, -0.2) is 17.5 Å². The van der Waals surface area contributed by atoms with Crippen molar-refractivity contribution in [2.24, 2.45) is 10.6 Å². The standard InChI is InChI=1S/C19H24ClNO4S/c1-5-6-14(21-24-11-13-7-8-17(20)26-13)18-15(23)9-19(3,4)10-16(18)25-12(2)22/h7-8H,5-6,9-11H2,1-4H3. The fourth-order valence-corrected chi connectivity index (χ4v) is 3.90. The van der Waals surface area contributed by atoms with Crippen LogP contribution in [0.2, 0.25) is 4.34 Å². The zero-order valence-electron chi connectivity index (χ0n) is 15.6. The van der Waals surface area contributed by atoms with Crippen molar-refractivity contribution in [3.63, 3.8) is 0 Å². The molecule has 1 aromatic rings. The van der Waals surface area contributed by atoms with Crippen LogP contribution >= 0.6 is 22.9 Å². The van der Waals surface area contributed by atoms with Crippen molar-refractivity contribution < 1.29 is 19.2 Å². The second-order valence-corrected chi connectivity index (χ2v) is 8.90. The molecule has 0 fully saturated rings. The van der Waals surface area contributed by atoms with Crippen molar-refractivity contribution in [2.45, 2.75) is 60.0 Å². The number of hydrogen-bond acceptors (Lipinski definition) is 6. The first-order valence-electron chi connectivity index (χ1n) is 8.60. The molecule has 0 N–H and O–H groups in total. The number of Topliss-reactive ketones (excluding diaryl/α,β-unsaturated/α-hetero) is 1. The maximum Gasteiger partial charge on any atom is 0.307 e. The Morgan fingerprint density at radius 2 is 2.08 bits per heavy atom. The van der Waals surface area contributed by atoms with Gasteiger partial charge in [-0.25, -0.2) is 0 Å². The van der Waals surface area contributed by atoms with E-state index in [9.17, 15) is 9.59 Å². The van der Waals surface area contributed by atoms with Crippen LogP contribution in [0.25, 0.3) is 0 Å². The highest BCUT2D eigenvalue weighted by molar-refractivity contribution is 7.16. The third-order valence-corrected chi connectivity index (χ3v) is 5.09. The maximum absolute atomic E-state index is 12.8. The molecule has 0 aliphatic heterocycles. The average Bonchev–Trinajstić information content (AvgIpc) is 2.90. The molecule has 0 radical (unpaired) electrons. The molecular formula is C19H24ClNO4S. The zero-order chi connectivity index (χ0) is 19.3. The Balaban J connectivity index is 2.30. The van der Waals surface area contributed by atoms with Gasteiger partial charge < -0.3 is 9.57 Å². The van der Waals surface area contributed by atoms with Crippen LogP contribution in [0.5, 0.6) is 0 Å². The molecule has 5 nitrogen and oxygen atoms in total. The number of hydrogen-bond donors (Lipinski definition) is 0. The van der Waals surface area contributed by atoms with Gasteiger partial charge in [0.1, 0.15) is 5.76 Å². The highest BCUT2D eigenvalue weighted by Gasteiger charge is 2.36. The van der Waals surface area contributed by atoms with Crippen molar-refractivity contribution >= 4 is 40.4 Å². The van der Waals surface area contributed by atoms with Crippen LogP contribution in [0.3, 0.4) is 0 Å². The Bertz CT molecular complexity index is 748. The van der Waals surface area contributed by atoms with Crippen LogP contribution < -0.4 is 0 Å². The molecule has 0 saturated carbocycles. The molecule has 0 unspecified atom stereocenters. The molecule has 1 aromatic heterocycles. The minimum absolute atomic E-state index is 0.0625. The molecule has 0 bridgehead atoms. The molecule has 2 rings (SSSR count). The summed E-state index contributed by atoms with van der Waals surface area (Å²) in [5.41, 5.74) is 0.676.